The van der Waals surface area contributed by atoms with Crippen molar-refractivity contribution < 1.29 is 0 Å². The van der Waals surface area contributed by atoms with E-state index in [9.17, 15) is 0 Å². The molecule has 1 aliphatic carbocycles. The van der Waals surface area contributed by atoms with Crippen LogP contribution in [0.1, 0.15) is 40.0 Å². The van der Waals surface area contributed by atoms with Gasteiger partial charge < -0.3 is 11.1 Å². The van der Waals surface area contributed by atoms with Gasteiger partial charge in [-0.1, -0.05) is 27.2 Å². The molecule has 0 amide bonds. The molecule has 1 fully saturated rings. The summed E-state index contributed by atoms with van der Waals surface area (Å²) in [6.45, 7) is 10.1. The molecular formula is C12H26N2. The molecule has 1 rings (SSSR count). The molecule has 0 bridgehead atoms. The van der Waals surface area contributed by atoms with Gasteiger partial charge in [-0.05, 0) is 49.7 Å². The molecule has 3 N–H and O–H groups in total. The van der Waals surface area contributed by atoms with Crippen molar-refractivity contribution in [3.63, 3.8) is 0 Å². The minimum Gasteiger partial charge on any atom is -0.330 e. The maximum Gasteiger partial charge on any atom is -0.000834 e. The molecule has 2 heteroatoms. The van der Waals surface area contributed by atoms with Gasteiger partial charge in [-0.3, -0.25) is 0 Å². The molecule has 2 unspecified atom stereocenters. The van der Waals surface area contributed by atoms with E-state index in [0.29, 0.717) is 11.3 Å². The van der Waals surface area contributed by atoms with Crippen molar-refractivity contribution in [1.29, 1.82) is 0 Å². The first kappa shape index (κ1) is 12.0. The summed E-state index contributed by atoms with van der Waals surface area (Å²) in [5.74, 6) is 1.59. The molecule has 0 saturated heterocycles. The minimum absolute atomic E-state index is 0.607. The summed E-state index contributed by atoms with van der Waals surface area (Å²) < 4.78 is 0. The number of hydrogen-bond acceptors (Lipinski definition) is 2. The molecule has 0 aromatic rings. The van der Waals surface area contributed by atoms with Crippen LogP contribution in [-0.2, 0) is 0 Å². The summed E-state index contributed by atoms with van der Waals surface area (Å²) in [6, 6.07) is 0. The minimum atomic E-state index is 0.607. The Morgan fingerprint density at radius 3 is 2.57 bits per heavy atom. The van der Waals surface area contributed by atoms with E-state index in [-0.39, 0.29) is 0 Å². The molecule has 0 aromatic heterocycles. The molecule has 0 aromatic carbocycles. The van der Waals surface area contributed by atoms with E-state index in [1.165, 1.54) is 25.8 Å². The monoisotopic (exact) mass is 198 g/mol. The summed E-state index contributed by atoms with van der Waals surface area (Å²) in [5.41, 5.74) is 6.31. The Morgan fingerprint density at radius 1 is 1.50 bits per heavy atom. The summed E-state index contributed by atoms with van der Waals surface area (Å²) in [7, 11) is 0. The predicted molar refractivity (Wildman–Crippen MR) is 62.2 cm³/mol. The van der Waals surface area contributed by atoms with E-state index in [2.05, 4.69) is 26.1 Å². The first-order valence-electron chi connectivity index (χ1n) is 6.01. The summed E-state index contributed by atoms with van der Waals surface area (Å²) in [5, 5.41) is 3.56. The molecular weight excluding hydrogens is 172 g/mol. The highest BCUT2D eigenvalue weighted by atomic mass is 14.9. The quantitative estimate of drug-likeness (QED) is 0.656. The van der Waals surface area contributed by atoms with Crippen molar-refractivity contribution in [2.45, 2.75) is 40.0 Å². The molecule has 0 heterocycles. The van der Waals surface area contributed by atoms with Crippen molar-refractivity contribution in [1.82, 2.24) is 5.32 Å². The lowest BCUT2D eigenvalue weighted by Gasteiger charge is -2.14. The smallest absolute Gasteiger partial charge is 0.000834 e. The van der Waals surface area contributed by atoms with E-state index < -0.39 is 0 Å². The highest BCUT2D eigenvalue weighted by molar-refractivity contribution is 4.96. The third-order valence-electron chi connectivity index (χ3n) is 3.57. The molecule has 0 aliphatic heterocycles. The Hall–Kier alpha value is -0.0800. The van der Waals surface area contributed by atoms with Crippen molar-refractivity contribution >= 4 is 0 Å². The van der Waals surface area contributed by atoms with Crippen LogP contribution in [0.25, 0.3) is 0 Å². The van der Waals surface area contributed by atoms with E-state index in [4.69, 9.17) is 5.73 Å². The van der Waals surface area contributed by atoms with E-state index in [1.54, 1.807) is 0 Å². The number of nitrogens with two attached hydrogens (primary N) is 1. The molecule has 0 radical (unpaired) electrons. The van der Waals surface area contributed by atoms with Gasteiger partial charge in [-0.2, -0.15) is 0 Å². The molecule has 2 atom stereocenters. The lowest BCUT2D eigenvalue weighted by atomic mass is 10.0. The second-order valence-electron chi connectivity index (χ2n) is 5.44. The Labute approximate surface area is 88.6 Å². The highest BCUT2D eigenvalue weighted by Gasteiger charge is 2.44. The van der Waals surface area contributed by atoms with Gasteiger partial charge in [0, 0.05) is 0 Å². The zero-order chi connectivity index (χ0) is 10.6. The molecule has 1 aliphatic rings. The average Bonchev–Trinajstić information content (AvgIpc) is 2.73. The van der Waals surface area contributed by atoms with Gasteiger partial charge >= 0.3 is 0 Å². The normalized spacial score (nSPS) is 26.1. The number of hydrogen-bond donors (Lipinski definition) is 2. The fourth-order valence-corrected chi connectivity index (χ4v) is 2.10. The van der Waals surface area contributed by atoms with Gasteiger partial charge in [0.25, 0.3) is 0 Å². The fourth-order valence-electron chi connectivity index (χ4n) is 2.10. The zero-order valence-electron chi connectivity index (χ0n) is 9.97. The van der Waals surface area contributed by atoms with Crippen LogP contribution in [0.5, 0.6) is 0 Å². The van der Waals surface area contributed by atoms with Crippen LogP contribution in [-0.4, -0.2) is 19.6 Å². The fraction of sp³-hybridized carbons (Fsp3) is 1.00. The van der Waals surface area contributed by atoms with Crippen LogP contribution in [0.3, 0.4) is 0 Å². The largest absolute Gasteiger partial charge is 0.330 e. The Bertz CT molecular complexity index is 166. The Kier molecular flexibility index (Phi) is 4.39. The van der Waals surface area contributed by atoms with Crippen LogP contribution in [0.2, 0.25) is 0 Å². The second kappa shape index (κ2) is 5.13. The van der Waals surface area contributed by atoms with Gasteiger partial charge in [-0.25, -0.2) is 0 Å². The zero-order valence-corrected chi connectivity index (χ0v) is 9.97. The van der Waals surface area contributed by atoms with Crippen LogP contribution in [0, 0.1) is 17.3 Å². The lowest BCUT2D eigenvalue weighted by molar-refractivity contribution is 0.430. The van der Waals surface area contributed by atoms with Crippen molar-refractivity contribution in [3.05, 3.63) is 0 Å². The second-order valence-corrected chi connectivity index (χ2v) is 5.44. The average molecular weight is 198 g/mol. The molecule has 2 nitrogen and oxygen atoms in total. The summed E-state index contributed by atoms with van der Waals surface area (Å²) in [6.07, 6.45) is 3.90. The molecule has 84 valence electrons. The third kappa shape index (κ3) is 3.58. The van der Waals surface area contributed by atoms with Crippen LogP contribution >= 0.6 is 0 Å². The van der Waals surface area contributed by atoms with Gasteiger partial charge in [0.05, 0.1) is 0 Å². The maximum atomic E-state index is 5.70. The van der Waals surface area contributed by atoms with Crippen LogP contribution in [0.4, 0.5) is 0 Å². The summed E-state index contributed by atoms with van der Waals surface area (Å²) in [4.78, 5) is 0. The van der Waals surface area contributed by atoms with E-state index >= 15 is 0 Å². The Morgan fingerprint density at radius 2 is 2.14 bits per heavy atom. The maximum absolute atomic E-state index is 5.70. The van der Waals surface area contributed by atoms with Crippen molar-refractivity contribution in [2.24, 2.45) is 23.0 Å². The van der Waals surface area contributed by atoms with E-state index in [1.807, 2.05) is 0 Å². The Balaban J connectivity index is 2.03. The van der Waals surface area contributed by atoms with Gasteiger partial charge in [0.15, 0.2) is 0 Å². The number of rotatable bonds is 7. The van der Waals surface area contributed by atoms with Crippen molar-refractivity contribution in [3.8, 4) is 0 Å². The number of nitrogens with one attached hydrogen (secondary N) is 1. The summed E-state index contributed by atoms with van der Waals surface area (Å²) >= 11 is 0. The van der Waals surface area contributed by atoms with Gasteiger partial charge in [-0.15, -0.1) is 0 Å². The molecule has 0 spiro atoms. The molecule has 1 saturated carbocycles. The van der Waals surface area contributed by atoms with Gasteiger partial charge in [0.1, 0.15) is 0 Å². The highest BCUT2D eigenvalue weighted by Crippen LogP contribution is 2.50. The van der Waals surface area contributed by atoms with Crippen LogP contribution < -0.4 is 11.1 Å². The topological polar surface area (TPSA) is 38.0 Å². The predicted octanol–water partition coefficient (Wildman–Crippen LogP) is 2.00. The first-order valence-corrected chi connectivity index (χ1v) is 6.01. The van der Waals surface area contributed by atoms with Crippen LogP contribution in [0.15, 0.2) is 0 Å². The standard InChI is InChI=1S/C12H26N2/c1-4-5-10(7-13)8-14-9-11-6-12(11,2)3/h10-11,14H,4-9,13H2,1-3H3. The van der Waals surface area contributed by atoms with Gasteiger partial charge in [0.2, 0.25) is 0 Å². The first-order chi connectivity index (χ1) is 6.60. The lowest BCUT2D eigenvalue weighted by Crippen LogP contribution is -2.30. The molecule has 14 heavy (non-hydrogen) atoms. The SMILES string of the molecule is CCCC(CN)CNCC1CC1(C)C. The van der Waals surface area contributed by atoms with E-state index in [0.717, 1.165) is 19.0 Å². The third-order valence-corrected chi connectivity index (χ3v) is 3.57. The van der Waals surface area contributed by atoms with Crippen molar-refractivity contribution in [2.75, 3.05) is 19.6 Å².